The Morgan fingerprint density at radius 2 is 2.20 bits per heavy atom. The smallest absolute Gasteiger partial charge is 0.0907 e. The highest BCUT2D eigenvalue weighted by Gasteiger charge is 2.14. The molecule has 20 heavy (non-hydrogen) atoms. The Bertz CT molecular complexity index is 590. The zero-order valence-electron chi connectivity index (χ0n) is 11.8. The molecule has 0 saturated heterocycles. The minimum atomic E-state index is 0.470. The molecule has 5 heteroatoms. The van der Waals surface area contributed by atoms with E-state index in [0.29, 0.717) is 6.10 Å². The van der Waals surface area contributed by atoms with Gasteiger partial charge in [-0.05, 0) is 31.9 Å². The summed E-state index contributed by atoms with van der Waals surface area (Å²) in [6.45, 7) is 3.54. The first kappa shape index (κ1) is 13.6. The number of nitrogens with zero attached hydrogens (tertiary/aromatic N) is 1. The standard InChI is InChI=1S/C15H21N3OS/c1-10-18-14-9-13(12(16)8-15(14)20-10)17-6-7-19-11-4-2-3-5-11/h8-9,11,17H,2-7,16H2,1H3. The molecule has 1 heterocycles. The van der Waals surface area contributed by atoms with Crippen molar-refractivity contribution in [2.75, 3.05) is 24.2 Å². The number of aryl methyl sites for hydroxylation is 1. The van der Waals surface area contributed by atoms with E-state index in [0.717, 1.165) is 39.8 Å². The number of nitrogen functional groups attached to an aromatic ring is 1. The van der Waals surface area contributed by atoms with Gasteiger partial charge in [-0.15, -0.1) is 11.3 Å². The van der Waals surface area contributed by atoms with Crippen LogP contribution in [0.3, 0.4) is 0 Å². The van der Waals surface area contributed by atoms with E-state index in [1.165, 1.54) is 25.7 Å². The molecule has 0 spiro atoms. The number of fused-ring (bicyclic) bond motifs is 1. The van der Waals surface area contributed by atoms with Crippen molar-refractivity contribution in [1.82, 2.24) is 4.98 Å². The van der Waals surface area contributed by atoms with Crippen molar-refractivity contribution in [3.05, 3.63) is 17.1 Å². The Kier molecular flexibility index (Phi) is 4.08. The van der Waals surface area contributed by atoms with E-state index in [2.05, 4.69) is 10.3 Å². The summed E-state index contributed by atoms with van der Waals surface area (Å²) in [6.07, 6.45) is 5.52. The Hall–Kier alpha value is -1.33. The SMILES string of the molecule is Cc1nc2cc(NCCOC3CCCC3)c(N)cc2s1. The van der Waals surface area contributed by atoms with Crippen LogP contribution in [0.1, 0.15) is 30.7 Å². The number of rotatable bonds is 5. The van der Waals surface area contributed by atoms with Gasteiger partial charge in [-0.1, -0.05) is 12.8 Å². The number of hydrogen-bond acceptors (Lipinski definition) is 5. The third-order valence-electron chi connectivity index (χ3n) is 3.74. The van der Waals surface area contributed by atoms with Crippen LogP contribution in [0.15, 0.2) is 12.1 Å². The Morgan fingerprint density at radius 1 is 1.40 bits per heavy atom. The van der Waals surface area contributed by atoms with E-state index in [4.69, 9.17) is 10.5 Å². The fraction of sp³-hybridized carbons (Fsp3) is 0.533. The van der Waals surface area contributed by atoms with Gasteiger partial charge in [-0.2, -0.15) is 0 Å². The second-order valence-corrected chi connectivity index (χ2v) is 6.58. The summed E-state index contributed by atoms with van der Waals surface area (Å²) in [7, 11) is 0. The predicted octanol–water partition coefficient (Wildman–Crippen LogP) is 3.56. The molecule has 0 bridgehead atoms. The minimum Gasteiger partial charge on any atom is -0.397 e. The van der Waals surface area contributed by atoms with E-state index in [9.17, 15) is 0 Å². The molecule has 1 aromatic carbocycles. The summed E-state index contributed by atoms with van der Waals surface area (Å²) >= 11 is 1.68. The van der Waals surface area contributed by atoms with Crippen LogP contribution in [0.4, 0.5) is 11.4 Å². The van der Waals surface area contributed by atoms with Gasteiger partial charge >= 0.3 is 0 Å². The molecule has 0 aliphatic heterocycles. The van der Waals surface area contributed by atoms with Crippen molar-refractivity contribution in [1.29, 1.82) is 0 Å². The van der Waals surface area contributed by atoms with Gasteiger partial charge in [0.2, 0.25) is 0 Å². The van der Waals surface area contributed by atoms with Crippen molar-refractivity contribution < 1.29 is 4.74 Å². The van der Waals surface area contributed by atoms with Gasteiger partial charge in [0.1, 0.15) is 0 Å². The molecule has 0 atom stereocenters. The third-order valence-corrected chi connectivity index (χ3v) is 4.67. The van der Waals surface area contributed by atoms with Crippen LogP contribution >= 0.6 is 11.3 Å². The van der Waals surface area contributed by atoms with Gasteiger partial charge in [0.25, 0.3) is 0 Å². The zero-order valence-corrected chi connectivity index (χ0v) is 12.6. The highest BCUT2D eigenvalue weighted by atomic mass is 32.1. The Labute approximate surface area is 123 Å². The Balaban J connectivity index is 1.57. The number of ether oxygens (including phenoxy) is 1. The summed E-state index contributed by atoms with van der Waals surface area (Å²) in [5, 5.41) is 4.42. The van der Waals surface area contributed by atoms with Crippen molar-refractivity contribution in [3.63, 3.8) is 0 Å². The molecule has 4 nitrogen and oxygen atoms in total. The van der Waals surface area contributed by atoms with Crippen molar-refractivity contribution in [2.24, 2.45) is 0 Å². The molecule has 1 saturated carbocycles. The van der Waals surface area contributed by atoms with E-state index < -0.39 is 0 Å². The van der Waals surface area contributed by atoms with Gasteiger partial charge in [0.05, 0.1) is 39.3 Å². The molecule has 108 valence electrons. The molecule has 1 aromatic heterocycles. The fourth-order valence-electron chi connectivity index (χ4n) is 2.72. The van der Waals surface area contributed by atoms with E-state index >= 15 is 0 Å². The normalized spacial score (nSPS) is 16.1. The molecule has 0 amide bonds. The van der Waals surface area contributed by atoms with Gasteiger partial charge in [0, 0.05) is 6.54 Å². The molecule has 3 N–H and O–H groups in total. The van der Waals surface area contributed by atoms with Crippen molar-refractivity contribution in [2.45, 2.75) is 38.7 Å². The number of thiazole rings is 1. The number of anilines is 2. The maximum atomic E-state index is 6.08. The first-order valence-corrected chi connectivity index (χ1v) is 8.06. The van der Waals surface area contributed by atoms with Gasteiger partial charge in [0.15, 0.2) is 0 Å². The summed E-state index contributed by atoms with van der Waals surface area (Å²) in [5.74, 6) is 0. The number of hydrogen-bond donors (Lipinski definition) is 2. The number of nitrogens with one attached hydrogen (secondary N) is 1. The van der Waals surface area contributed by atoms with Crippen LogP contribution in [0.2, 0.25) is 0 Å². The molecule has 1 aliphatic carbocycles. The van der Waals surface area contributed by atoms with E-state index in [1.807, 2.05) is 19.1 Å². The molecule has 0 radical (unpaired) electrons. The van der Waals surface area contributed by atoms with Crippen molar-refractivity contribution >= 4 is 32.9 Å². The highest BCUT2D eigenvalue weighted by molar-refractivity contribution is 7.18. The van der Waals surface area contributed by atoms with Crippen LogP contribution in [-0.2, 0) is 4.74 Å². The number of aromatic nitrogens is 1. The molecule has 2 aromatic rings. The van der Waals surface area contributed by atoms with Crippen LogP contribution < -0.4 is 11.1 Å². The van der Waals surface area contributed by atoms with Crippen molar-refractivity contribution in [3.8, 4) is 0 Å². The van der Waals surface area contributed by atoms with Gasteiger partial charge in [-0.3, -0.25) is 0 Å². The van der Waals surface area contributed by atoms with Gasteiger partial charge < -0.3 is 15.8 Å². The molecule has 3 rings (SSSR count). The number of nitrogens with two attached hydrogens (primary N) is 1. The summed E-state index contributed by atoms with van der Waals surface area (Å²) in [4.78, 5) is 4.50. The third kappa shape index (κ3) is 3.04. The first-order valence-electron chi connectivity index (χ1n) is 7.24. The molecule has 1 fully saturated rings. The lowest BCUT2D eigenvalue weighted by Gasteiger charge is -2.13. The maximum Gasteiger partial charge on any atom is 0.0907 e. The summed E-state index contributed by atoms with van der Waals surface area (Å²) in [6, 6.07) is 4.03. The molecule has 0 unspecified atom stereocenters. The van der Waals surface area contributed by atoms with E-state index in [-0.39, 0.29) is 0 Å². The van der Waals surface area contributed by atoms with Gasteiger partial charge in [-0.25, -0.2) is 4.98 Å². The zero-order chi connectivity index (χ0) is 13.9. The van der Waals surface area contributed by atoms with Crippen LogP contribution in [0.25, 0.3) is 10.2 Å². The first-order chi connectivity index (χ1) is 9.72. The minimum absolute atomic E-state index is 0.470. The Morgan fingerprint density at radius 3 is 3.00 bits per heavy atom. The lowest BCUT2D eigenvalue weighted by atomic mass is 10.2. The monoisotopic (exact) mass is 291 g/mol. The summed E-state index contributed by atoms with van der Waals surface area (Å²) in [5.41, 5.74) is 8.83. The quantitative estimate of drug-likeness (QED) is 0.653. The average molecular weight is 291 g/mol. The highest BCUT2D eigenvalue weighted by Crippen LogP contribution is 2.29. The fourth-order valence-corrected chi connectivity index (χ4v) is 3.58. The second-order valence-electron chi connectivity index (χ2n) is 5.34. The summed E-state index contributed by atoms with van der Waals surface area (Å²) < 4.78 is 6.99. The molecule has 1 aliphatic rings. The maximum absolute atomic E-state index is 6.08. The lowest BCUT2D eigenvalue weighted by molar-refractivity contribution is 0.0659. The molecular weight excluding hydrogens is 270 g/mol. The van der Waals surface area contributed by atoms with Crippen LogP contribution in [0.5, 0.6) is 0 Å². The lowest BCUT2D eigenvalue weighted by Crippen LogP contribution is -2.15. The average Bonchev–Trinajstić information content (AvgIpc) is 3.03. The largest absolute Gasteiger partial charge is 0.397 e. The number of benzene rings is 1. The van der Waals surface area contributed by atoms with Crippen LogP contribution in [0, 0.1) is 6.92 Å². The predicted molar refractivity (Wildman–Crippen MR) is 85.5 cm³/mol. The second kappa shape index (κ2) is 5.97. The van der Waals surface area contributed by atoms with E-state index in [1.54, 1.807) is 11.3 Å². The van der Waals surface area contributed by atoms with Crippen LogP contribution in [-0.4, -0.2) is 24.2 Å². The molecular formula is C15H21N3OS. The topological polar surface area (TPSA) is 60.2 Å².